The van der Waals surface area contributed by atoms with E-state index >= 15 is 0 Å². The summed E-state index contributed by atoms with van der Waals surface area (Å²) in [5.74, 6) is -3.89. The Hall–Kier alpha value is -3.82. The van der Waals surface area contributed by atoms with Crippen LogP contribution in [0.4, 0.5) is 10.1 Å². The van der Waals surface area contributed by atoms with E-state index in [-0.39, 0.29) is 17.7 Å². The molecule has 2 aromatic carbocycles. The number of amides is 1. The lowest BCUT2D eigenvalue weighted by molar-refractivity contribution is -0.384. The van der Waals surface area contributed by atoms with E-state index in [9.17, 15) is 28.9 Å². The second kappa shape index (κ2) is 10.1. The Morgan fingerprint density at radius 2 is 1.77 bits per heavy atom. The number of nitrogens with zero attached hydrogens (tertiary/aromatic N) is 1. The van der Waals surface area contributed by atoms with Crippen LogP contribution in [-0.4, -0.2) is 43.0 Å². The fourth-order valence-corrected chi connectivity index (χ4v) is 2.84. The maximum atomic E-state index is 13.4. The number of nitro benzene ring substituents is 1. The Morgan fingerprint density at radius 1 is 1.10 bits per heavy atom. The molecule has 0 heterocycles. The summed E-state index contributed by atoms with van der Waals surface area (Å²) >= 11 is 0. The van der Waals surface area contributed by atoms with Crippen LogP contribution in [0.2, 0.25) is 0 Å². The number of nitrogens with one attached hydrogen (secondary N) is 1. The number of hydrogen-bond acceptors (Lipinski definition) is 7. The van der Waals surface area contributed by atoms with Crippen molar-refractivity contribution in [1.29, 1.82) is 0 Å². The fourth-order valence-electron chi connectivity index (χ4n) is 2.84. The number of nitro groups is 1. The first-order valence-corrected chi connectivity index (χ1v) is 8.72. The minimum Gasteiger partial charge on any atom is -0.469 e. The summed E-state index contributed by atoms with van der Waals surface area (Å²) in [7, 11) is 2.27. The predicted molar refractivity (Wildman–Crippen MR) is 102 cm³/mol. The zero-order valence-corrected chi connectivity index (χ0v) is 16.2. The second-order valence-corrected chi connectivity index (χ2v) is 6.22. The summed E-state index contributed by atoms with van der Waals surface area (Å²) in [5, 5.41) is 13.3. The number of methoxy groups -OCH3 is 2. The molecular formula is C20H19FN2O7. The molecule has 0 bridgehead atoms. The van der Waals surface area contributed by atoms with Gasteiger partial charge in [0.2, 0.25) is 0 Å². The normalized spacial score (nSPS) is 12.4. The molecule has 158 valence electrons. The van der Waals surface area contributed by atoms with Crippen LogP contribution >= 0.6 is 0 Å². The molecule has 2 aromatic rings. The predicted octanol–water partition coefficient (Wildman–Crippen LogP) is 2.35. The molecule has 1 amide bonds. The molecule has 30 heavy (non-hydrogen) atoms. The third-order valence-electron chi connectivity index (χ3n) is 4.38. The number of esters is 2. The molecular weight excluding hydrogens is 399 g/mol. The van der Waals surface area contributed by atoms with E-state index in [1.807, 2.05) is 0 Å². The van der Waals surface area contributed by atoms with Crippen molar-refractivity contribution < 1.29 is 33.2 Å². The SMILES string of the molecule is COC(=O)C[C@H](c1ccc([N+](=O)[O-])cc1)[C@H](NC(=O)c1cccc(F)c1)C(=O)OC. The molecule has 0 aliphatic heterocycles. The van der Waals surface area contributed by atoms with Gasteiger partial charge >= 0.3 is 11.9 Å². The van der Waals surface area contributed by atoms with Crippen LogP contribution in [0.15, 0.2) is 48.5 Å². The van der Waals surface area contributed by atoms with Gasteiger partial charge in [0, 0.05) is 23.6 Å². The number of halogens is 1. The van der Waals surface area contributed by atoms with Crippen LogP contribution in [-0.2, 0) is 19.1 Å². The maximum absolute atomic E-state index is 13.4. The van der Waals surface area contributed by atoms with Gasteiger partial charge in [0.05, 0.1) is 25.6 Å². The van der Waals surface area contributed by atoms with Crippen molar-refractivity contribution in [3.05, 3.63) is 75.6 Å². The van der Waals surface area contributed by atoms with Gasteiger partial charge < -0.3 is 14.8 Å². The molecule has 0 radical (unpaired) electrons. The van der Waals surface area contributed by atoms with Crippen molar-refractivity contribution in [2.45, 2.75) is 18.4 Å². The average Bonchev–Trinajstić information content (AvgIpc) is 2.75. The van der Waals surface area contributed by atoms with Crippen LogP contribution in [0.1, 0.15) is 28.3 Å². The lowest BCUT2D eigenvalue weighted by Gasteiger charge is -2.26. The van der Waals surface area contributed by atoms with E-state index in [0.717, 1.165) is 26.4 Å². The van der Waals surface area contributed by atoms with Gasteiger partial charge in [-0.15, -0.1) is 0 Å². The molecule has 0 aliphatic carbocycles. The van der Waals surface area contributed by atoms with Crippen LogP contribution < -0.4 is 5.32 Å². The second-order valence-electron chi connectivity index (χ2n) is 6.22. The molecule has 0 aliphatic rings. The van der Waals surface area contributed by atoms with Gasteiger partial charge in [-0.2, -0.15) is 0 Å². The highest BCUT2D eigenvalue weighted by Gasteiger charge is 2.34. The Bertz CT molecular complexity index is 946. The first-order valence-electron chi connectivity index (χ1n) is 8.72. The van der Waals surface area contributed by atoms with Crippen molar-refractivity contribution in [2.75, 3.05) is 14.2 Å². The highest BCUT2D eigenvalue weighted by molar-refractivity contribution is 5.97. The number of rotatable bonds is 8. The van der Waals surface area contributed by atoms with Gasteiger partial charge in [-0.25, -0.2) is 9.18 Å². The van der Waals surface area contributed by atoms with Crippen LogP contribution in [0, 0.1) is 15.9 Å². The maximum Gasteiger partial charge on any atom is 0.329 e. The summed E-state index contributed by atoms with van der Waals surface area (Å²) in [6, 6.07) is 8.66. The Morgan fingerprint density at radius 3 is 2.30 bits per heavy atom. The third kappa shape index (κ3) is 5.60. The molecule has 0 saturated carbocycles. The quantitative estimate of drug-likeness (QED) is 0.396. The number of carbonyl (C=O) groups excluding carboxylic acids is 3. The molecule has 0 unspecified atom stereocenters. The van der Waals surface area contributed by atoms with E-state index in [1.165, 1.54) is 36.4 Å². The van der Waals surface area contributed by atoms with Crippen LogP contribution in [0.25, 0.3) is 0 Å². The van der Waals surface area contributed by atoms with Crippen molar-refractivity contribution >= 4 is 23.5 Å². The Balaban J connectivity index is 2.42. The number of carbonyl (C=O) groups is 3. The average molecular weight is 418 g/mol. The topological polar surface area (TPSA) is 125 Å². The largest absolute Gasteiger partial charge is 0.469 e. The molecule has 0 aromatic heterocycles. The Labute approximate surface area is 170 Å². The minimum absolute atomic E-state index is 0.0376. The molecule has 9 nitrogen and oxygen atoms in total. The molecule has 10 heteroatoms. The lowest BCUT2D eigenvalue weighted by atomic mass is 9.88. The van der Waals surface area contributed by atoms with Crippen molar-refractivity contribution in [3.8, 4) is 0 Å². The van der Waals surface area contributed by atoms with E-state index in [2.05, 4.69) is 10.1 Å². The van der Waals surface area contributed by atoms with Crippen LogP contribution in [0.3, 0.4) is 0 Å². The number of ether oxygens (including phenoxy) is 2. The van der Waals surface area contributed by atoms with Crippen LogP contribution in [0.5, 0.6) is 0 Å². The monoisotopic (exact) mass is 418 g/mol. The van der Waals surface area contributed by atoms with Gasteiger partial charge in [0.1, 0.15) is 11.9 Å². The highest BCUT2D eigenvalue weighted by atomic mass is 19.1. The first-order chi connectivity index (χ1) is 14.3. The van der Waals surface area contributed by atoms with Crippen molar-refractivity contribution in [3.63, 3.8) is 0 Å². The number of hydrogen-bond donors (Lipinski definition) is 1. The van der Waals surface area contributed by atoms with Gasteiger partial charge in [-0.1, -0.05) is 18.2 Å². The molecule has 0 spiro atoms. The van der Waals surface area contributed by atoms with Gasteiger partial charge in [0.25, 0.3) is 11.6 Å². The minimum atomic E-state index is -1.34. The smallest absolute Gasteiger partial charge is 0.329 e. The third-order valence-corrected chi connectivity index (χ3v) is 4.38. The van der Waals surface area contributed by atoms with E-state index in [1.54, 1.807) is 0 Å². The number of non-ortho nitro benzene ring substituents is 1. The summed E-state index contributed by atoms with van der Waals surface area (Å²) in [6.07, 6.45) is -0.322. The summed E-state index contributed by atoms with van der Waals surface area (Å²) in [4.78, 5) is 47.2. The molecule has 0 saturated heterocycles. The van der Waals surface area contributed by atoms with Crippen molar-refractivity contribution in [1.82, 2.24) is 5.32 Å². The first kappa shape index (κ1) is 22.5. The number of benzene rings is 2. The standard InChI is InChI=1S/C20H19FN2O7/c1-29-17(24)11-16(12-6-8-15(9-7-12)23(27)28)18(20(26)30-2)22-19(25)13-4-3-5-14(21)10-13/h3-10,16,18H,11H2,1-2H3,(H,22,25)/t16-,18+/m1/s1. The fraction of sp³-hybridized carbons (Fsp3) is 0.250. The van der Waals surface area contributed by atoms with Gasteiger partial charge in [-0.05, 0) is 23.8 Å². The molecule has 1 N–H and O–H groups in total. The molecule has 0 fully saturated rings. The van der Waals surface area contributed by atoms with E-state index in [4.69, 9.17) is 4.74 Å². The zero-order chi connectivity index (χ0) is 22.3. The lowest BCUT2D eigenvalue weighted by Crippen LogP contribution is -2.46. The highest BCUT2D eigenvalue weighted by Crippen LogP contribution is 2.27. The summed E-state index contributed by atoms with van der Waals surface area (Å²) in [6.45, 7) is 0. The molecule has 2 rings (SSSR count). The molecule has 2 atom stereocenters. The van der Waals surface area contributed by atoms with Gasteiger partial charge in [0.15, 0.2) is 0 Å². The zero-order valence-electron chi connectivity index (χ0n) is 16.2. The summed E-state index contributed by atoms with van der Waals surface area (Å²) < 4.78 is 22.9. The summed E-state index contributed by atoms with van der Waals surface area (Å²) in [5.41, 5.74) is 0.138. The Kier molecular flexibility index (Phi) is 7.56. The van der Waals surface area contributed by atoms with E-state index < -0.39 is 40.5 Å². The van der Waals surface area contributed by atoms with Crippen molar-refractivity contribution in [2.24, 2.45) is 0 Å². The van der Waals surface area contributed by atoms with E-state index in [0.29, 0.717) is 5.56 Å². The van der Waals surface area contributed by atoms with Gasteiger partial charge in [-0.3, -0.25) is 19.7 Å².